The summed E-state index contributed by atoms with van der Waals surface area (Å²) >= 11 is 3.28. The first-order chi connectivity index (χ1) is 9.55. The first-order valence-corrected chi connectivity index (χ1v) is 6.19. The molecule has 0 saturated heterocycles. The van der Waals surface area contributed by atoms with E-state index in [-0.39, 0.29) is 5.75 Å². The van der Waals surface area contributed by atoms with Gasteiger partial charge in [0, 0.05) is 6.07 Å². The quantitative estimate of drug-likeness (QED) is 0.834. The van der Waals surface area contributed by atoms with Crippen LogP contribution >= 0.6 is 15.9 Å². The normalized spacial score (nSPS) is 10.7. The van der Waals surface area contributed by atoms with Crippen LogP contribution in [0.2, 0.25) is 0 Å². The number of hydrogen-bond donors (Lipinski definition) is 1. The van der Waals surface area contributed by atoms with Crippen LogP contribution in [0.1, 0.15) is 0 Å². The third-order valence-electron chi connectivity index (χ3n) is 2.47. The Hall–Kier alpha value is -1.61. The van der Waals surface area contributed by atoms with E-state index in [4.69, 9.17) is 4.74 Å². The fraction of sp³-hybridized carbons (Fsp3) is 0.182. The smallest absolute Gasteiger partial charge is 0.387 e. The van der Waals surface area contributed by atoms with Gasteiger partial charge < -0.3 is 14.5 Å². The van der Waals surface area contributed by atoms with Crippen molar-refractivity contribution in [3.8, 4) is 17.2 Å². The average Bonchev–Trinajstić information content (AvgIpc) is 2.85. The second-order valence-electron chi connectivity index (χ2n) is 3.67. The van der Waals surface area contributed by atoms with Gasteiger partial charge in [-0.2, -0.15) is 13.9 Å². The zero-order chi connectivity index (χ0) is 14.7. The molecular formula is C11H9BBrF2N2O3. The van der Waals surface area contributed by atoms with Gasteiger partial charge in [0.05, 0.1) is 29.7 Å². The Morgan fingerprint density at radius 2 is 2.20 bits per heavy atom. The van der Waals surface area contributed by atoms with Crippen LogP contribution in [0.5, 0.6) is 11.5 Å². The molecule has 1 heterocycles. The number of alkyl halides is 2. The van der Waals surface area contributed by atoms with Gasteiger partial charge in [-0.05, 0) is 27.5 Å². The monoisotopic (exact) mass is 345 g/mol. The van der Waals surface area contributed by atoms with Gasteiger partial charge in [-0.3, -0.25) is 0 Å². The van der Waals surface area contributed by atoms with E-state index in [2.05, 4.69) is 25.8 Å². The summed E-state index contributed by atoms with van der Waals surface area (Å²) < 4.78 is 35.6. The molecule has 20 heavy (non-hydrogen) atoms. The van der Waals surface area contributed by atoms with Gasteiger partial charge in [-0.25, -0.2) is 4.68 Å². The molecule has 2 rings (SSSR count). The third kappa shape index (κ3) is 3.10. The van der Waals surface area contributed by atoms with E-state index in [1.165, 1.54) is 18.0 Å². The molecule has 0 fully saturated rings. The third-order valence-corrected chi connectivity index (χ3v) is 3.09. The van der Waals surface area contributed by atoms with E-state index in [1.54, 1.807) is 12.1 Å². The molecule has 5 nitrogen and oxygen atoms in total. The summed E-state index contributed by atoms with van der Waals surface area (Å²) in [5.74, 6) is 0.434. The first kappa shape index (κ1) is 14.8. The molecule has 0 bridgehead atoms. The van der Waals surface area contributed by atoms with Gasteiger partial charge in [-0.1, -0.05) is 0 Å². The summed E-state index contributed by atoms with van der Waals surface area (Å²) in [6.45, 7) is -2.92. The summed E-state index contributed by atoms with van der Waals surface area (Å²) in [5, 5.41) is 13.2. The number of nitrogens with zero attached hydrogens (tertiary/aromatic N) is 2. The largest absolute Gasteiger partial charge is 0.495 e. The molecule has 9 heteroatoms. The fourth-order valence-corrected chi connectivity index (χ4v) is 2.14. The van der Waals surface area contributed by atoms with E-state index in [0.717, 1.165) is 13.7 Å². The minimum absolute atomic E-state index is 0.0780. The van der Waals surface area contributed by atoms with Gasteiger partial charge in [0.15, 0.2) is 5.75 Å². The van der Waals surface area contributed by atoms with Gasteiger partial charge in [-0.15, -0.1) is 0 Å². The van der Waals surface area contributed by atoms with Crippen molar-refractivity contribution in [2.24, 2.45) is 0 Å². The molecule has 1 N–H and O–H groups in total. The number of benzene rings is 1. The zero-order valence-corrected chi connectivity index (χ0v) is 11.8. The second-order valence-corrected chi connectivity index (χ2v) is 4.53. The van der Waals surface area contributed by atoms with Crippen molar-refractivity contribution < 1.29 is 23.3 Å². The van der Waals surface area contributed by atoms with Gasteiger partial charge in [0.25, 0.3) is 0 Å². The Morgan fingerprint density at radius 3 is 2.80 bits per heavy atom. The first-order valence-electron chi connectivity index (χ1n) is 5.40. The molecule has 0 aliphatic heterocycles. The summed E-state index contributed by atoms with van der Waals surface area (Å²) in [6.07, 6.45) is 2.43. The average molecular weight is 346 g/mol. The highest BCUT2D eigenvalue weighted by Crippen LogP contribution is 2.26. The van der Waals surface area contributed by atoms with E-state index in [0.29, 0.717) is 21.4 Å². The summed E-state index contributed by atoms with van der Waals surface area (Å²) in [5.41, 5.74) is 0.890. The topological polar surface area (TPSA) is 56.5 Å². The minimum atomic E-state index is -2.92. The highest BCUT2D eigenvalue weighted by atomic mass is 79.9. The van der Waals surface area contributed by atoms with E-state index < -0.39 is 6.61 Å². The van der Waals surface area contributed by atoms with E-state index >= 15 is 0 Å². The van der Waals surface area contributed by atoms with Crippen LogP contribution in [0.3, 0.4) is 0 Å². The number of ether oxygens (including phenoxy) is 2. The Labute approximate surface area is 122 Å². The Morgan fingerprint density at radius 1 is 1.45 bits per heavy atom. The molecule has 0 saturated carbocycles. The molecule has 0 unspecified atom stereocenters. The summed E-state index contributed by atoms with van der Waals surface area (Å²) in [7, 11) is 2.37. The van der Waals surface area contributed by atoms with Crippen molar-refractivity contribution >= 4 is 28.9 Å². The lowest BCUT2D eigenvalue weighted by atomic mass is 9.87. The Kier molecular flexibility index (Phi) is 4.61. The fourth-order valence-electron chi connectivity index (χ4n) is 1.62. The number of halogens is 3. The minimum Gasteiger partial charge on any atom is -0.495 e. The van der Waals surface area contributed by atoms with Crippen LogP contribution in [0, 0.1) is 0 Å². The molecular weight excluding hydrogens is 337 g/mol. The standard InChI is InChI=1S/C11H9BBrF2N2O3/c1-19-10-3-9(7(12-18)2-8(10)13)17-5-6(4-16-17)20-11(14)15/h2-5,11,18H,1H3. The zero-order valence-electron chi connectivity index (χ0n) is 10.3. The van der Waals surface area contributed by atoms with Crippen molar-refractivity contribution in [1.29, 1.82) is 0 Å². The Balaban J connectivity index is 2.42. The highest BCUT2D eigenvalue weighted by molar-refractivity contribution is 9.10. The van der Waals surface area contributed by atoms with Crippen LogP contribution < -0.4 is 14.9 Å². The molecule has 1 radical (unpaired) electrons. The molecule has 0 amide bonds. The van der Waals surface area contributed by atoms with E-state index in [9.17, 15) is 13.8 Å². The van der Waals surface area contributed by atoms with Crippen molar-refractivity contribution in [1.82, 2.24) is 9.78 Å². The lowest BCUT2D eigenvalue weighted by Gasteiger charge is -2.11. The molecule has 1 aromatic heterocycles. The number of methoxy groups -OCH3 is 1. The van der Waals surface area contributed by atoms with Gasteiger partial charge >= 0.3 is 14.1 Å². The second kappa shape index (κ2) is 6.23. The maximum atomic E-state index is 12.1. The maximum Gasteiger partial charge on any atom is 0.387 e. The molecule has 105 valence electrons. The molecule has 2 aromatic rings. The van der Waals surface area contributed by atoms with Crippen molar-refractivity contribution in [3.63, 3.8) is 0 Å². The van der Waals surface area contributed by atoms with Crippen LogP contribution in [0.15, 0.2) is 29.0 Å². The van der Waals surface area contributed by atoms with Crippen LogP contribution in [0.4, 0.5) is 8.78 Å². The molecule has 0 atom stereocenters. The number of aromatic nitrogens is 2. The molecule has 0 aliphatic carbocycles. The number of hydrogen-bond acceptors (Lipinski definition) is 4. The lowest BCUT2D eigenvalue weighted by Crippen LogP contribution is -2.21. The predicted molar refractivity (Wildman–Crippen MR) is 72.1 cm³/mol. The van der Waals surface area contributed by atoms with Crippen LogP contribution in [0.25, 0.3) is 5.69 Å². The van der Waals surface area contributed by atoms with Crippen LogP contribution in [-0.2, 0) is 0 Å². The van der Waals surface area contributed by atoms with Crippen LogP contribution in [-0.4, -0.2) is 36.0 Å². The molecule has 0 aliphatic rings. The summed E-state index contributed by atoms with van der Waals surface area (Å²) in [4.78, 5) is 0. The highest BCUT2D eigenvalue weighted by Gasteiger charge is 2.13. The van der Waals surface area contributed by atoms with E-state index in [1.807, 2.05) is 0 Å². The Bertz CT molecular complexity index is 609. The number of rotatable bonds is 5. The van der Waals surface area contributed by atoms with Gasteiger partial charge in [0.2, 0.25) is 0 Å². The van der Waals surface area contributed by atoms with Crippen molar-refractivity contribution in [2.45, 2.75) is 6.61 Å². The predicted octanol–water partition coefficient (Wildman–Crippen LogP) is 1.48. The van der Waals surface area contributed by atoms with Crippen molar-refractivity contribution in [3.05, 3.63) is 29.0 Å². The van der Waals surface area contributed by atoms with Crippen molar-refractivity contribution in [2.75, 3.05) is 7.11 Å². The summed E-state index contributed by atoms with van der Waals surface area (Å²) in [6, 6.07) is 3.22. The van der Waals surface area contributed by atoms with Gasteiger partial charge in [0.1, 0.15) is 5.75 Å². The molecule has 1 aromatic carbocycles. The lowest BCUT2D eigenvalue weighted by molar-refractivity contribution is -0.0498. The maximum absolute atomic E-state index is 12.1. The SMILES string of the molecule is COc1cc(-n2cc(OC(F)F)cn2)c([B]O)cc1Br. The molecule has 0 spiro atoms.